The van der Waals surface area contributed by atoms with Gasteiger partial charge in [0.15, 0.2) is 0 Å². The van der Waals surface area contributed by atoms with Gasteiger partial charge < -0.3 is 10.2 Å². The summed E-state index contributed by atoms with van der Waals surface area (Å²) >= 11 is 0. The number of benzene rings is 1. The fourth-order valence-corrected chi connectivity index (χ4v) is 3.10. The number of halogens is 1. The van der Waals surface area contributed by atoms with Crippen LogP contribution >= 0.6 is 0 Å². The van der Waals surface area contributed by atoms with Crippen LogP contribution in [-0.2, 0) is 0 Å². The average molecular weight is 264 g/mol. The van der Waals surface area contributed by atoms with Gasteiger partial charge in [-0.25, -0.2) is 4.39 Å². The summed E-state index contributed by atoms with van der Waals surface area (Å²) in [4.78, 5) is 2.24. The molecular weight excluding hydrogens is 239 g/mol. The smallest absolute Gasteiger partial charge is 0.146 e. The van der Waals surface area contributed by atoms with Gasteiger partial charge in [0, 0.05) is 18.1 Å². The molecule has 0 saturated carbocycles. The zero-order valence-electron chi connectivity index (χ0n) is 12.5. The molecule has 0 bridgehead atoms. The van der Waals surface area contributed by atoms with Crippen molar-refractivity contribution in [1.82, 2.24) is 5.32 Å². The van der Waals surface area contributed by atoms with Crippen LogP contribution in [0.25, 0.3) is 0 Å². The maximum atomic E-state index is 14.4. The van der Waals surface area contributed by atoms with E-state index in [1.54, 1.807) is 6.07 Å². The maximum absolute atomic E-state index is 14.4. The summed E-state index contributed by atoms with van der Waals surface area (Å²) in [6.07, 6.45) is 2.26. The molecule has 0 aromatic heterocycles. The lowest BCUT2D eigenvalue weighted by molar-refractivity contribution is 0.499. The van der Waals surface area contributed by atoms with Gasteiger partial charge in [0.25, 0.3) is 0 Å². The van der Waals surface area contributed by atoms with Crippen LogP contribution in [0, 0.1) is 5.82 Å². The van der Waals surface area contributed by atoms with Crippen molar-refractivity contribution < 1.29 is 4.39 Å². The molecule has 2 rings (SSSR count). The third-order valence-corrected chi connectivity index (χ3v) is 4.17. The van der Waals surface area contributed by atoms with E-state index in [1.165, 1.54) is 0 Å². The van der Waals surface area contributed by atoms with Crippen LogP contribution in [0.4, 0.5) is 10.1 Å². The molecule has 1 aromatic rings. The Hall–Kier alpha value is -1.09. The Bertz CT molecular complexity index is 442. The minimum Gasteiger partial charge on any atom is -0.364 e. The van der Waals surface area contributed by atoms with Crippen molar-refractivity contribution in [2.24, 2.45) is 0 Å². The van der Waals surface area contributed by atoms with E-state index in [9.17, 15) is 4.39 Å². The molecule has 1 heterocycles. The number of rotatable bonds is 4. The number of para-hydroxylation sites is 1. The largest absolute Gasteiger partial charge is 0.364 e. The summed E-state index contributed by atoms with van der Waals surface area (Å²) in [6.45, 7) is 10.4. The van der Waals surface area contributed by atoms with Crippen LogP contribution in [0.3, 0.4) is 0 Å². The normalized spacial score (nSPS) is 19.7. The lowest BCUT2D eigenvalue weighted by atomic mass is 9.98. The Balaban J connectivity index is 2.43. The summed E-state index contributed by atoms with van der Waals surface area (Å²) in [6, 6.07) is 5.60. The highest BCUT2D eigenvalue weighted by Crippen LogP contribution is 2.39. The van der Waals surface area contributed by atoms with Gasteiger partial charge in [0.05, 0.1) is 5.69 Å². The zero-order valence-corrected chi connectivity index (χ0v) is 12.5. The first kappa shape index (κ1) is 14.3. The predicted molar refractivity (Wildman–Crippen MR) is 79.2 cm³/mol. The van der Waals surface area contributed by atoms with Gasteiger partial charge in [-0.05, 0) is 51.8 Å². The Morgan fingerprint density at radius 3 is 2.74 bits per heavy atom. The van der Waals surface area contributed by atoms with E-state index in [0.717, 1.165) is 37.2 Å². The van der Waals surface area contributed by atoms with Gasteiger partial charge >= 0.3 is 0 Å². The summed E-state index contributed by atoms with van der Waals surface area (Å²) in [5.74, 6) is -0.0998. The van der Waals surface area contributed by atoms with E-state index in [-0.39, 0.29) is 17.4 Å². The predicted octanol–water partition coefficient (Wildman–Crippen LogP) is 3.88. The molecule has 1 aromatic carbocycles. The fraction of sp³-hybridized carbons (Fsp3) is 0.625. The summed E-state index contributed by atoms with van der Waals surface area (Å²) in [5, 5.41) is 3.39. The van der Waals surface area contributed by atoms with Gasteiger partial charge in [-0.3, -0.25) is 0 Å². The van der Waals surface area contributed by atoms with E-state index >= 15 is 0 Å². The van der Waals surface area contributed by atoms with E-state index in [1.807, 2.05) is 12.1 Å². The van der Waals surface area contributed by atoms with Crippen LogP contribution in [0.2, 0.25) is 0 Å². The lowest BCUT2D eigenvalue weighted by Crippen LogP contribution is -2.40. The van der Waals surface area contributed by atoms with E-state index in [4.69, 9.17) is 0 Å². The standard InChI is InChI=1S/C16H25FN2/c1-5-18-12(2)13-8-6-9-14(17)15(13)19-11-7-10-16(19,3)4/h6,8-9,12,18H,5,7,10-11H2,1-4H3. The molecule has 1 aliphatic heterocycles. The SMILES string of the molecule is CCNC(C)c1cccc(F)c1N1CCCC1(C)C. The van der Waals surface area contributed by atoms with Crippen molar-refractivity contribution >= 4 is 5.69 Å². The van der Waals surface area contributed by atoms with Gasteiger partial charge in [-0.2, -0.15) is 0 Å². The summed E-state index contributed by atoms with van der Waals surface area (Å²) in [7, 11) is 0. The van der Waals surface area contributed by atoms with Gasteiger partial charge in [0.1, 0.15) is 5.82 Å². The molecule has 1 aliphatic rings. The molecule has 106 valence electrons. The van der Waals surface area contributed by atoms with Crippen molar-refractivity contribution in [1.29, 1.82) is 0 Å². The lowest BCUT2D eigenvalue weighted by Gasteiger charge is -2.36. The molecule has 1 atom stereocenters. The van der Waals surface area contributed by atoms with Crippen LogP contribution in [-0.4, -0.2) is 18.6 Å². The minimum atomic E-state index is -0.0998. The van der Waals surface area contributed by atoms with Crippen LogP contribution in [0.5, 0.6) is 0 Å². The second-order valence-corrected chi connectivity index (χ2v) is 6.02. The molecule has 2 nitrogen and oxygen atoms in total. The minimum absolute atomic E-state index is 0.0445. The van der Waals surface area contributed by atoms with E-state index in [2.05, 4.69) is 37.9 Å². The molecule has 19 heavy (non-hydrogen) atoms. The fourth-order valence-electron chi connectivity index (χ4n) is 3.10. The highest BCUT2D eigenvalue weighted by molar-refractivity contribution is 5.58. The molecule has 1 fully saturated rings. The van der Waals surface area contributed by atoms with E-state index in [0.29, 0.717) is 0 Å². The topological polar surface area (TPSA) is 15.3 Å². The summed E-state index contributed by atoms with van der Waals surface area (Å²) < 4.78 is 14.4. The first-order valence-corrected chi connectivity index (χ1v) is 7.27. The summed E-state index contributed by atoms with van der Waals surface area (Å²) in [5.41, 5.74) is 1.90. The zero-order chi connectivity index (χ0) is 14.0. The van der Waals surface area contributed by atoms with Gasteiger partial charge in [-0.15, -0.1) is 0 Å². The number of anilines is 1. The van der Waals surface area contributed by atoms with E-state index < -0.39 is 0 Å². The van der Waals surface area contributed by atoms with Gasteiger partial charge in [-0.1, -0.05) is 19.1 Å². The Morgan fingerprint density at radius 1 is 1.42 bits per heavy atom. The van der Waals surface area contributed by atoms with Crippen molar-refractivity contribution in [2.75, 3.05) is 18.0 Å². The number of nitrogens with zero attached hydrogens (tertiary/aromatic N) is 1. The second kappa shape index (κ2) is 5.49. The third-order valence-electron chi connectivity index (χ3n) is 4.17. The molecule has 0 spiro atoms. The Morgan fingerprint density at radius 2 is 2.16 bits per heavy atom. The molecule has 1 saturated heterocycles. The first-order chi connectivity index (χ1) is 8.97. The Labute approximate surface area is 116 Å². The second-order valence-electron chi connectivity index (χ2n) is 6.02. The number of hydrogen-bond acceptors (Lipinski definition) is 2. The molecule has 0 radical (unpaired) electrons. The highest BCUT2D eigenvalue weighted by atomic mass is 19.1. The molecule has 0 aliphatic carbocycles. The van der Waals surface area contributed by atoms with Crippen LogP contribution in [0.1, 0.15) is 52.1 Å². The number of hydrogen-bond donors (Lipinski definition) is 1. The number of nitrogens with one attached hydrogen (secondary N) is 1. The maximum Gasteiger partial charge on any atom is 0.146 e. The van der Waals surface area contributed by atoms with Crippen LogP contribution < -0.4 is 10.2 Å². The molecule has 3 heteroatoms. The molecule has 0 amide bonds. The first-order valence-electron chi connectivity index (χ1n) is 7.27. The Kier molecular flexibility index (Phi) is 4.14. The van der Waals surface area contributed by atoms with Crippen molar-refractivity contribution in [2.45, 2.75) is 52.1 Å². The van der Waals surface area contributed by atoms with Crippen molar-refractivity contribution in [3.8, 4) is 0 Å². The van der Waals surface area contributed by atoms with Crippen molar-refractivity contribution in [3.05, 3.63) is 29.6 Å². The molecule has 1 unspecified atom stereocenters. The van der Waals surface area contributed by atoms with Gasteiger partial charge in [0.2, 0.25) is 0 Å². The highest BCUT2D eigenvalue weighted by Gasteiger charge is 2.35. The van der Waals surface area contributed by atoms with Crippen molar-refractivity contribution in [3.63, 3.8) is 0 Å². The van der Waals surface area contributed by atoms with Crippen LogP contribution in [0.15, 0.2) is 18.2 Å². The third kappa shape index (κ3) is 2.76. The average Bonchev–Trinajstić information content (AvgIpc) is 2.69. The molecular formula is C16H25FN2. The monoisotopic (exact) mass is 264 g/mol. The quantitative estimate of drug-likeness (QED) is 0.888. The molecule has 1 N–H and O–H groups in total.